The molecule has 0 N–H and O–H groups in total. The average molecular weight is 244 g/mol. The third-order valence-corrected chi connectivity index (χ3v) is 4.22. The zero-order chi connectivity index (χ0) is 11.6. The summed E-state index contributed by atoms with van der Waals surface area (Å²) < 4.78 is 5.03. The number of hydrogen-bond donors (Lipinski definition) is 0. The lowest BCUT2D eigenvalue weighted by molar-refractivity contribution is -0.250. The normalized spacial score (nSPS) is 39.4. The molecule has 2 bridgehead atoms. The Morgan fingerprint density at radius 1 is 1.31 bits per heavy atom. The molecular weight excluding hydrogens is 230 g/mol. The average Bonchev–Trinajstić information content (AvgIpc) is 2.88. The largest absolute Gasteiger partial charge is 0.447 e. The molecule has 4 saturated carbocycles. The molecule has 4 fully saturated rings. The minimum Gasteiger partial charge on any atom is -0.447 e. The molecule has 0 aromatic heterocycles. The number of halogens is 1. The van der Waals surface area contributed by atoms with E-state index < -0.39 is 11.0 Å². The van der Waals surface area contributed by atoms with Gasteiger partial charge in [0, 0.05) is 44.0 Å². The molecule has 4 aliphatic carbocycles. The third kappa shape index (κ3) is 1.29. The van der Waals surface area contributed by atoms with Gasteiger partial charge in [-0.1, -0.05) is 0 Å². The van der Waals surface area contributed by atoms with Crippen LogP contribution >= 0.6 is 11.6 Å². The molecule has 0 heterocycles. The predicted molar refractivity (Wildman–Crippen MR) is 57.1 cm³/mol. The molecule has 88 valence electrons. The lowest BCUT2D eigenvalue weighted by Gasteiger charge is -2.67. The van der Waals surface area contributed by atoms with Crippen molar-refractivity contribution in [2.45, 2.75) is 43.7 Å². The van der Waals surface area contributed by atoms with E-state index in [1.54, 1.807) is 0 Å². The van der Waals surface area contributed by atoms with Crippen LogP contribution in [0.1, 0.15) is 32.1 Å². The molecule has 0 unspecified atom stereocenters. The van der Waals surface area contributed by atoms with Gasteiger partial charge in [0.25, 0.3) is 0 Å². The van der Waals surface area contributed by atoms with Gasteiger partial charge in [-0.25, -0.2) is 4.79 Å². The lowest BCUT2D eigenvalue weighted by Crippen LogP contribution is -2.73. The first-order chi connectivity index (χ1) is 7.46. The van der Waals surface area contributed by atoms with Crippen LogP contribution in [0.2, 0.25) is 0 Å². The first-order valence-corrected chi connectivity index (χ1v) is 6.00. The van der Waals surface area contributed by atoms with Crippen molar-refractivity contribution in [1.29, 1.82) is 0 Å². The standard InChI is InChI=1S/C11H14ClNO3/c1-13(7-2-3-7)8(14)10-4-11(5-10,6-10)16-9(12)15/h7H,2-6H2,1H3. The predicted octanol–water partition coefficient (Wildman–Crippen LogP) is 1.91. The third-order valence-electron chi connectivity index (χ3n) is 4.15. The summed E-state index contributed by atoms with van der Waals surface area (Å²) in [6.07, 6.45) is 4.23. The van der Waals surface area contributed by atoms with Crippen LogP contribution in [0, 0.1) is 5.41 Å². The number of nitrogens with zero attached hydrogens (tertiary/aromatic N) is 1. The molecule has 4 rings (SSSR count). The van der Waals surface area contributed by atoms with Crippen LogP contribution in [0.25, 0.3) is 0 Å². The Labute approximate surface area is 98.9 Å². The molecule has 4 nitrogen and oxygen atoms in total. The summed E-state index contributed by atoms with van der Waals surface area (Å²) in [6, 6.07) is 0.452. The summed E-state index contributed by atoms with van der Waals surface area (Å²) >= 11 is 5.19. The van der Waals surface area contributed by atoms with Gasteiger partial charge in [-0.2, -0.15) is 0 Å². The number of amides is 1. The highest BCUT2D eigenvalue weighted by atomic mass is 35.5. The van der Waals surface area contributed by atoms with E-state index in [1.165, 1.54) is 0 Å². The summed E-state index contributed by atoms with van der Waals surface area (Å²) in [7, 11) is 1.88. The van der Waals surface area contributed by atoms with E-state index in [0.717, 1.165) is 12.8 Å². The van der Waals surface area contributed by atoms with Crippen molar-refractivity contribution in [3.63, 3.8) is 0 Å². The van der Waals surface area contributed by atoms with Gasteiger partial charge in [0.15, 0.2) is 0 Å². The summed E-state index contributed by atoms with van der Waals surface area (Å²) in [5.41, 5.74) is -1.39. The van der Waals surface area contributed by atoms with E-state index in [0.29, 0.717) is 25.3 Å². The summed E-state index contributed by atoms with van der Waals surface area (Å²) in [6.45, 7) is 0. The smallest absolute Gasteiger partial charge is 0.404 e. The molecule has 0 aromatic rings. The molecule has 0 atom stereocenters. The lowest BCUT2D eigenvalue weighted by atomic mass is 9.40. The number of rotatable bonds is 3. The van der Waals surface area contributed by atoms with Crippen molar-refractivity contribution in [2.75, 3.05) is 7.05 Å². The summed E-state index contributed by atoms with van der Waals surface area (Å²) in [4.78, 5) is 24.7. The monoisotopic (exact) mass is 243 g/mol. The zero-order valence-electron chi connectivity index (χ0n) is 9.16. The Kier molecular flexibility index (Phi) is 1.89. The fourth-order valence-corrected chi connectivity index (χ4v) is 3.37. The Morgan fingerprint density at radius 2 is 1.88 bits per heavy atom. The molecule has 0 spiro atoms. The second-order valence-electron chi connectivity index (χ2n) is 5.48. The van der Waals surface area contributed by atoms with Gasteiger partial charge < -0.3 is 9.64 Å². The molecular formula is C11H14ClNO3. The van der Waals surface area contributed by atoms with Crippen LogP contribution in [-0.2, 0) is 9.53 Å². The van der Waals surface area contributed by atoms with E-state index in [9.17, 15) is 9.59 Å². The van der Waals surface area contributed by atoms with Crippen molar-refractivity contribution in [1.82, 2.24) is 4.90 Å². The Balaban J connectivity index is 1.60. The molecule has 0 aromatic carbocycles. The van der Waals surface area contributed by atoms with Crippen molar-refractivity contribution in [2.24, 2.45) is 5.41 Å². The van der Waals surface area contributed by atoms with E-state index in [2.05, 4.69) is 0 Å². The minimum atomic E-state index is -0.753. The molecule has 0 aliphatic heterocycles. The van der Waals surface area contributed by atoms with Gasteiger partial charge >= 0.3 is 5.43 Å². The summed E-state index contributed by atoms with van der Waals surface area (Å²) in [5, 5.41) is 0. The van der Waals surface area contributed by atoms with E-state index in [1.807, 2.05) is 11.9 Å². The van der Waals surface area contributed by atoms with Crippen LogP contribution in [0.5, 0.6) is 0 Å². The maximum Gasteiger partial charge on any atom is 0.404 e. The molecule has 0 saturated heterocycles. The number of carbonyl (C=O) groups is 2. The topological polar surface area (TPSA) is 46.6 Å². The SMILES string of the molecule is CN(C(=O)C12CC(OC(=O)Cl)(C1)C2)C1CC1. The van der Waals surface area contributed by atoms with Crippen LogP contribution in [-0.4, -0.2) is 34.9 Å². The number of hydrogen-bond acceptors (Lipinski definition) is 3. The van der Waals surface area contributed by atoms with E-state index in [-0.39, 0.29) is 11.3 Å². The van der Waals surface area contributed by atoms with Crippen LogP contribution in [0.3, 0.4) is 0 Å². The highest BCUT2D eigenvalue weighted by Crippen LogP contribution is 2.70. The first kappa shape index (κ1) is 10.4. The van der Waals surface area contributed by atoms with Gasteiger partial charge in [-0.15, -0.1) is 0 Å². The van der Waals surface area contributed by atoms with E-state index >= 15 is 0 Å². The first-order valence-electron chi connectivity index (χ1n) is 5.62. The van der Waals surface area contributed by atoms with Crippen LogP contribution in [0.4, 0.5) is 4.79 Å². The fraction of sp³-hybridized carbons (Fsp3) is 0.818. The van der Waals surface area contributed by atoms with E-state index in [4.69, 9.17) is 16.3 Å². The van der Waals surface area contributed by atoms with Gasteiger partial charge in [0.05, 0.1) is 5.41 Å². The molecule has 1 amide bonds. The molecule has 4 aliphatic rings. The number of ether oxygens (including phenoxy) is 1. The van der Waals surface area contributed by atoms with Crippen LogP contribution < -0.4 is 0 Å². The van der Waals surface area contributed by atoms with Gasteiger partial charge in [0.2, 0.25) is 5.91 Å². The van der Waals surface area contributed by atoms with Gasteiger partial charge in [0.1, 0.15) is 5.60 Å². The van der Waals surface area contributed by atoms with Crippen molar-refractivity contribution < 1.29 is 14.3 Å². The van der Waals surface area contributed by atoms with Gasteiger partial charge in [-0.05, 0) is 12.8 Å². The molecule has 0 radical (unpaired) electrons. The molecule has 5 heteroatoms. The second-order valence-corrected chi connectivity index (χ2v) is 5.79. The minimum absolute atomic E-state index is 0.225. The van der Waals surface area contributed by atoms with Crippen molar-refractivity contribution in [3.05, 3.63) is 0 Å². The Hall–Kier alpha value is -0.770. The van der Waals surface area contributed by atoms with Crippen molar-refractivity contribution >= 4 is 22.9 Å². The Bertz CT molecular complexity index is 358. The zero-order valence-corrected chi connectivity index (χ0v) is 9.92. The maximum atomic E-state index is 12.1. The second kappa shape index (κ2) is 2.92. The highest BCUT2D eigenvalue weighted by Gasteiger charge is 2.75. The highest BCUT2D eigenvalue weighted by molar-refractivity contribution is 6.61. The quantitative estimate of drug-likeness (QED) is 0.712. The Morgan fingerprint density at radius 3 is 2.31 bits per heavy atom. The van der Waals surface area contributed by atoms with Crippen LogP contribution in [0.15, 0.2) is 0 Å². The fourth-order valence-electron chi connectivity index (χ4n) is 3.20. The summed E-state index contributed by atoms with van der Waals surface area (Å²) in [5.74, 6) is 0.225. The maximum absolute atomic E-state index is 12.1. The number of carbonyl (C=O) groups excluding carboxylic acids is 2. The van der Waals surface area contributed by atoms with Crippen molar-refractivity contribution in [3.8, 4) is 0 Å². The molecule has 16 heavy (non-hydrogen) atoms. The van der Waals surface area contributed by atoms with Gasteiger partial charge in [-0.3, -0.25) is 4.79 Å².